The fraction of sp³-hybridized carbons (Fsp3) is 0.577. The van der Waals surface area contributed by atoms with E-state index in [9.17, 15) is 18.0 Å². The highest BCUT2D eigenvalue weighted by molar-refractivity contribution is 7.89. The molecule has 2 unspecified atom stereocenters. The Balaban J connectivity index is 1.26. The monoisotopic (exact) mass is 496 g/mol. The maximum atomic E-state index is 13.8. The molecule has 9 heteroatoms. The Labute approximate surface area is 205 Å². The summed E-state index contributed by atoms with van der Waals surface area (Å²) in [6, 6.07) is 8.62. The van der Waals surface area contributed by atoms with Gasteiger partial charge < -0.3 is 11.1 Å². The number of amides is 2. The van der Waals surface area contributed by atoms with Crippen LogP contribution < -0.4 is 15.8 Å². The summed E-state index contributed by atoms with van der Waals surface area (Å²) in [7, 11) is -3.99. The molecule has 1 aromatic carbocycles. The van der Waals surface area contributed by atoms with E-state index in [1.165, 1.54) is 0 Å². The number of nitrogens with two attached hydrogens (primary N) is 1. The van der Waals surface area contributed by atoms with Crippen LogP contribution in [0.5, 0.6) is 0 Å². The Morgan fingerprint density at radius 3 is 2.37 bits per heavy atom. The summed E-state index contributed by atoms with van der Waals surface area (Å²) in [6.07, 6.45) is 8.39. The van der Waals surface area contributed by atoms with Crippen molar-refractivity contribution in [2.24, 2.45) is 28.9 Å². The molecule has 5 aliphatic carbocycles. The topological polar surface area (TPSA) is 131 Å². The highest BCUT2D eigenvalue weighted by Gasteiger charge is 2.59. The third-order valence-corrected chi connectivity index (χ3v) is 10.8. The van der Waals surface area contributed by atoms with E-state index in [2.05, 4.69) is 15.0 Å². The summed E-state index contributed by atoms with van der Waals surface area (Å²) in [5, 5.41) is 4.01. The molecule has 5 fully saturated rings. The van der Waals surface area contributed by atoms with E-state index in [-0.39, 0.29) is 34.6 Å². The maximum absolute atomic E-state index is 13.8. The number of carbonyl (C=O) groups excluding carboxylic acids is 2. The molecule has 35 heavy (non-hydrogen) atoms. The second kappa shape index (κ2) is 8.00. The van der Waals surface area contributed by atoms with Gasteiger partial charge in [0.05, 0.1) is 5.52 Å². The van der Waals surface area contributed by atoms with Crippen LogP contribution in [0.4, 0.5) is 0 Å². The summed E-state index contributed by atoms with van der Waals surface area (Å²) in [5.41, 5.74) is 4.61. The number of aromatic nitrogens is 1. The quantitative estimate of drug-likeness (QED) is 0.566. The van der Waals surface area contributed by atoms with Crippen LogP contribution in [0.3, 0.4) is 0 Å². The van der Waals surface area contributed by atoms with Gasteiger partial charge in [0, 0.05) is 23.0 Å². The number of hydrogen-bond acceptors (Lipinski definition) is 5. The second-order valence-corrected chi connectivity index (χ2v) is 13.0. The SMILES string of the molecule is NC(=O)C12CC3CC(C1)C(NC(=O)C1(NS(=O)(=O)c4cccc5cccnc45)CCCC1)C(C3)C2. The number of nitrogens with zero attached hydrogens (tertiary/aromatic N) is 1. The number of rotatable bonds is 6. The van der Waals surface area contributed by atoms with Crippen molar-refractivity contribution in [1.82, 2.24) is 15.0 Å². The van der Waals surface area contributed by atoms with Gasteiger partial charge in [0.15, 0.2) is 0 Å². The molecule has 4 N–H and O–H groups in total. The fourth-order valence-electron chi connectivity index (χ4n) is 7.81. The van der Waals surface area contributed by atoms with Crippen molar-refractivity contribution < 1.29 is 18.0 Å². The summed E-state index contributed by atoms with van der Waals surface area (Å²) in [4.78, 5) is 30.5. The Hall–Kier alpha value is -2.52. The normalized spacial score (nSPS) is 33.1. The van der Waals surface area contributed by atoms with Crippen molar-refractivity contribution in [2.75, 3.05) is 0 Å². The molecule has 2 atom stereocenters. The van der Waals surface area contributed by atoms with Crippen LogP contribution >= 0.6 is 0 Å². The Bertz CT molecular complexity index is 1280. The van der Waals surface area contributed by atoms with Crippen LogP contribution in [0.1, 0.15) is 57.8 Å². The van der Waals surface area contributed by atoms with E-state index in [4.69, 9.17) is 5.73 Å². The third kappa shape index (κ3) is 3.66. The first-order valence-corrected chi connectivity index (χ1v) is 14.2. The molecule has 2 aromatic rings. The molecule has 0 radical (unpaired) electrons. The minimum absolute atomic E-state index is 0.0345. The third-order valence-electron chi connectivity index (χ3n) is 9.20. The van der Waals surface area contributed by atoms with Gasteiger partial charge in [-0.25, -0.2) is 8.42 Å². The van der Waals surface area contributed by atoms with E-state index in [0.717, 1.165) is 50.3 Å². The van der Waals surface area contributed by atoms with Gasteiger partial charge in [-0.3, -0.25) is 14.6 Å². The molecule has 0 spiro atoms. The summed E-state index contributed by atoms with van der Waals surface area (Å²) < 4.78 is 30.0. The number of fused-ring (bicyclic) bond motifs is 1. The van der Waals surface area contributed by atoms with Crippen molar-refractivity contribution >= 4 is 32.7 Å². The number of carbonyl (C=O) groups is 2. The standard InChI is InChI=1S/C26H32N4O4S/c27-23(31)25-13-16-11-18(14-25)21(19(12-16)15-25)29-24(32)26(8-1-2-9-26)30-35(33,34)20-7-3-5-17-6-4-10-28-22(17)20/h3-7,10,16,18-19,21,30H,1-2,8-9,11-15H2,(H2,27,31)(H,29,32). The van der Waals surface area contributed by atoms with Crippen molar-refractivity contribution in [2.45, 2.75) is 74.3 Å². The predicted molar refractivity (Wildman–Crippen MR) is 130 cm³/mol. The van der Waals surface area contributed by atoms with E-state index < -0.39 is 21.0 Å². The molecular formula is C26H32N4O4S. The van der Waals surface area contributed by atoms with Crippen LogP contribution in [0.15, 0.2) is 41.4 Å². The van der Waals surface area contributed by atoms with Gasteiger partial charge in [0.2, 0.25) is 21.8 Å². The largest absolute Gasteiger partial charge is 0.369 e. The first-order valence-electron chi connectivity index (χ1n) is 12.7. The molecule has 8 nitrogen and oxygen atoms in total. The lowest BCUT2D eigenvalue weighted by Gasteiger charge is -2.59. The zero-order chi connectivity index (χ0) is 24.4. The fourth-order valence-corrected chi connectivity index (χ4v) is 9.41. The Morgan fingerprint density at radius 2 is 1.69 bits per heavy atom. The zero-order valence-corrected chi connectivity index (χ0v) is 20.5. The number of sulfonamides is 1. The lowest BCUT2D eigenvalue weighted by atomic mass is 9.47. The van der Waals surface area contributed by atoms with E-state index >= 15 is 0 Å². The maximum Gasteiger partial charge on any atom is 0.243 e. The lowest BCUT2D eigenvalue weighted by molar-refractivity contribution is -0.148. The Kier molecular flexibility index (Phi) is 5.23. The van der Waals surface area contributed by atoms with Crippen LogP contribution in [-0.4, -0.2) is 36.8 Å². The van der Waals surface area contributed by atoms with Crippen molar-refractivity contribution in [3.05, 3.63) is 36.5 Å². The van der Waals surface area contributed by atoms with Gasteiger partial charge >= 0.3 is 0 Å². The first kappa shape index (κ1) is 22.9. The van der Waals surface area contributed by atoms with E-state index in [1.54, 1.807) is 24.4 Å². The molecule has 5 aliphatic rings. The van der Waals surface area contributed by atoms with Gasteiger partial charge in [-0.1, -0.05) is 31.0 Å². The van der Waals surface area contributed by atoms with Crippen LogP contribution in [0.25, 0.3) is 10.9 Å². The molecule has 1 heterocycles. The lowest BCUT2D eigenvalue weighted by Crippen LogP contribution is -2.65. The molecule has 0 aliphatic heterocycles. The average Bonchev–Trinajstić information content (AvgIpc) is 3.29. The molecule has 7 rings (SSSR count). The summed E-state index contributed by atoms with van der Waals surface area (Å²) in [6.45, 7) is 0. The molecule has 1 aromatic heterocycles. The Morgan fingerprint density at radius 1 is 1.00 bits per heavy atom. The van der Waals surface area contributed by atoms with Gasteiger partial charge in [0.1, 0.15) is 10.4 Å². The number of primary amides is 1. The second-order valence-electron chi connectivity index (χ2n) is 11.3. The molecule has 186 valence electrons. The smallest absolute Gasteiger partial charge is 0.243 e. The number of pyridine rings is 1. The van der Waals surface area contributed by atoms with Crippen LogP contribution in [0, 0.1) is 23.2 Å². The minimum Gasteiger partial charge on any atom is -0.369 e. The van der Waals surface area contributed by atoms with Crippen molar-refractivity contribution in [3.8, 4) is 0 Å². The first-order chi connectivity index (χ1) is 16.7. The minimum atomic E-state index is -3.99. The van der Waals surface area contributed by atoms with Crippen LogP contribution in [-0.2, 0) is 19.6 Å². The highest BCUT2D eigenvalue weighted by atomic mass is 32.2. The molecular weight excluding hydrogens is 464 g/mol. The van der Waals surface area contributed by atoms with Gasteiger partial charge in [0.25, 0.3) is 0 Å². The van der Waals surface area contributed by atoms with Gasteiger partial charge in [-0.15, -0.1) is 0 Å². The molecule has 5 saturated carbocycles. The number of hydrogen-bond donors (Lipinski definition) is 3. The molecule has 4 bridgehead atoms. The molecule has 2 amide bonds. The summed E-state index contributed by atoms with van der Waals surface area (Å²) >= 11 is 0. The summed E-state index contributed by atoms with van der Waals surface area (Å²) in [5.74, 6) is 0.485. The van der Waals surface area contributed by atoms with Crippen LogP contribution in [0.2, 0.25) is 0 Å². The average molecular weight is 497 g/mol. The van der Waals surface area contributed by atoms with Crippen molar-refractivity contribution in [3.63, 3.8) is 0 Å². The number of nitrogens with one attached hydrogen (secondary N) is 2. The molecule has 0 saturated heterocycles. The van der Waals surface area contributed by atoms with E-state index in [1.807, 2.05) is 12.1 Å². The van der Waals surface area contributed by atoms with Crippen molar-refractivity contribution in [1.29, 1.82) is 0 Å². The van der Waals surface area contributed by atoms with E-state index in [0.29, 0.717) is 24.3 Å². The zero-order valence-electron chi connectivity index (χ0n) is 19.7. The van der Waals surface area contributed by atoms with Gasteiger partial charge in [-0.05, 0) is 74.8 Å². The number of benzene rings is 1. The number of para-hydroxylation sites is 1. The van der Waals surface area contributed by atoms with Gasteiger partial charge in [-0.2, -0.15) is 4.72 Å². The predicted octanol–water partition coefficient (Wildman–Crippen LogP) is 2.62. The highest BCUT2D eigenvalue weighted by Crippen LogP contribution is 2.60.